The first-order chi connectivity index (χ1) is 7.35. The lowest BCUT2D eigenvalue weighted by Gasteiger charge is -2.26. The van der Waals surface area contributed by atoms with Crippen LogP contribution in [0.4, 0.5) is 0 Å². The van der Waals surface area contributed by atoms with E-state index in [2.05, 4.69) is 5.32 Å². The Morgan fingerprint density at radius 1 is 1.00 bits per heavy atom. The Morgan fingerprint density at radius 3 is 2.00 bits per heavy atom. The highest BCUT2D eigenvalue weighted by atomic mass is 32.2. The second-order valence-corrected chi connectivity index (χ2v) is 8.82. The predicted molar refractivity (Wildman–Crippen MR) is 64.0 cm³/mol. The molecule has 16 heavy (non-hydrogen) atoms. The van der Waals surface area contributed by atoms with Crippen molar-refractivity contribution in [1.82, 2.24) is 5.32 Å². The third-order valence-electron chi connectivity index (χ3n) is 2.58. The molecule has 0 aliphatic carbocycles. The number of nitrogens with one attached hydrogen (secondary N) is 1. The van der Waals surface area contributed by atoms with E-state index in [1.54, 1.807) is 6.92 Å². The van der Waals surface area contributed by atoms with Gasteiger partial charge in [-0.3, -0.25) is 0 Å². The zero-order chi connectivity index (χ0) is 12.2. The lowest BCUT2D eigenvalue weighted by molar-refractivity contribution is 0.378. The molecule has 1 rings (SSSR count). The van der Waals surface area contributed by atoms with Gasteiger partial charge in [0.2, 0.25) is 0 Å². The van der Waals surface area contributed by atoms with Crippen LogP contribution in [0.2, 0.25) is 0 Å². The second kappa shape index (κ2) is 5.46. The van der Waals surface area contributed by atoms with Crippen LogP contribution in [0.3, 0.4) is 0 Å². The van der Waals surface area contributed by atoms with Crippen LogP contribution in [-0.2, 0) is 19.7 Å². The van der Waals surface area contributed by atoms with E-state index in [-0.39, 0.29) is 28.9 Å². The minimum absolute atomic E-state index is 0.0769. The third-order valence-corrected chi connectivity index (χ3v) is 6.50. The fourth-order valence-corrected chi connectivity index (χ4v) is 5.55. The molecule has 96 valence electrons. The molecular weight excluding hydrogens is 250 g/mol. The molecule has 1 saturated heterocycles. The molecule has 0 unspecified atom stereocenters. The summed E-state index contributed by atoms with van der Waals surface area (Å²) in [5.41, 5.74) is 0. The van der Waals surface area contributed by atoms with Crippen molar-refractivity contribution < 1.29 is 16.8 Å². The van der Waals surface area contributed by atoms with Crippen molar-refractivity contribution in [2.45, 2.75) is 13.3 Å². The van der Waals surface area contributed by atoms with Gasteiger partial charge in [-0.15, -0.1) is 0 Å². The number of hydrogen-bond donors (Lipinski definition) is 1. The van der Waals surface area contributed by atoms with Crippen LogP contribution in [0.25, 0.3) is 0 Å². The molecule has 0 amide bonds. The lowest BCUT2D eigenvalue weighted by Crippen LogP contribution is -2.46. The predicted octanol–water partition coefficient (Wildman–Crippen LogP) is -0.555. The Morgan fingerprint density at radius 2 is 1.56 bits per heavy atom. The Bertz CT molecular complexity index is 409. The summed E-state index contributed by atoms with van der Waals surface area (Å²) in [5, 5.41) is 2.99. The van der Waals surface area contributed by atoms with Gasteiger partial charge in [-0.2, -0.15) is 0 Å². The van der Waals surface area contributed by atoms with Gasteiger partial charge in [0.25, 0.3) is 0 Å². The van der Waals surface area contributed by atoms with Gasteiger partial charge >= 0.3 is 0 Å². The van der Waals surface area contributed by atoms with E-state index in [0.717, 1.165) is 13.1 Å². The van der Waals surface area contributed by atoms with Gasteiger partial charge in [-0.05, 0) is 12.3 Å². The number of hydrogen-bond acceptors (Lipinski definition) is 5. The largest absolute Gasteiger partial charge is 0.316 e. The van der Waals surface area contributed by atoms with Gasteiger partial charge < -0.3 is 5.32 Å². The highest BCUT2D eigenvalue weighted by Gasteiger charge is 2.25. The standard InChI is InChI=1S/C9H19NO4S2/c1-2-3-15(11,12)4-5-16(13,14)8-9-6-10-7-9/h9-10H,2-8H2,1H3. The fraction of sp³-hybridized carbons (Fsp3) is 1.00. The maximum absolute atomic E-state index is 11.6. The average Bonchev–Trinajstić information content (AvgIpc) is 2.09. The monoisotopic (exact) mass is 269 g/mol. The summed E-state index contributed by atoms with van der Waals surface area (Å²) >= 11 is 0. The smallest absolute Gasteiger partial charge is 0.151 e. The lowest BCUT2D eigenvalue weighted by atomic mass is 10.1. The van der Waals surface area contributed by atoms with Gasteiger partial charge in [0.1, 0.15) is 0 Å². The van der Waals surface area contributed by atoms with Gasteiger partial charge in [-0.1, -0.05) is 6.92 Å². The molecule has 1 aliphatic rings. The first kappa shape index (κ1) is 13.9. The number of rotatable bonds is 7. The number of sulfone groups is 2. The van der Waals surface area contributed by atoms with Crippen molar-refractivity contribution >= 4 is 19.7 Å². The molecule has 7 heteroatoms. The molecule has 0 bridgehead atoms. The van der Waals surface area contributed by atoms with Crippen LogP contribution in [0, 0.1) is 5.92 Å². The summed E-state index contributed by atoms with van der Waals surface area (Å²) in [5.74, 6) is -0.108. The van der Waals surface area contributed by atoms with Gasteiger partial charge in [0.05, 0.1) is 17.3 Å². The van der Waals surface area contributed by atoms with Crippen LogP contribution in [0.5, 0.6) is 0 Å². The summed E-state index contributed by atoms with van der Waals surface area (Å²) < 4.78 is 45.9. The molecule has 5 nitrogen and oxygen atoms in total. The molecule has 0 radical (unpaired) electrons. The molecular formula is C9H19NO4S2. The minimum Gasteiger partial charge on any atom is -0.316 e. The van der Waals surface area contributed by atoms with Crippen LogP contribution in [0.15, 0.2) is 0 Å². The molecule has 1 aliphatic heterocycles. The molecule has 0 aromatic rings. The fourth-order valence-electron chi connectivity index (χ4n) is 1.58. The van der Waals surface area contributed by atoms with Crippen LogP contribution < -0.4 is 5.32 Å². The molecule has 0 saturated carbocycles. The van der Waals surface area contributed by atoms with Crippen LogP contribution in [0.1, 0.15) is 13.3 Å². The first-order valence-electron chi connectivity index (χ1n) is 5.46. The zero-order valence-corrected chi connectivity index (χ0v) is 11.1. The quantitative estimate of drug-likeness (QED) is 0.670. The first-order valence-corrected chi connectivity index (χ1v) is 9.10. The van der Waals surface area contributed by atoms with Gasteiger partial charge in [0.15, 0.2) is 19.7 Å². The van der Waals surface area contributed by atoms with E-state index in [4.69, 9.17) is 0 Å². The Balaban J connectivity index is 2.40. The molecule has 1 N–H and O–H groups in total. The van der Waals surface area contributed by atoms with Gasteiger partial charge in [-0.25, -0.2) is 16.8 Å². The third kappa shape index (κ3) is 4.80. The summed E-state index contributed by atoms with van der Waals surface area (Å²) in [6.45, 7) is 3.22. The van der Waals surface area contributed by atoms with Crippen molar-refractivity contribution in [2.24, 2.45) is 5.92 Å². The highest BCUT2D eigenvalue weighted by Crippen LogP contribution is 2.08. The summed E-state index contributed by atoms with van der Waals surface area (Å²) in [6.07, 6.45) is 0.537. The SMILES string of the molecule is CCCS(=O)(=O)CCS(=O)(=O)CC1CNC1. The Labute approximate surface area is 97.5 Å². The van der Waals surface area contributed by atoms with Crippen molar-refractivity contribution in [3.63, 3.8) is 0 Å². The molecule has 0 aromatic carbocycles. The van der Waals surface area contributed by atoms with E-state index in [1.165, 1.54) is 0 Å². The maximum Gasteiger partial charge on any atom is 0.151 e. The molecule has 1 heterocycles. The van der Waals surface area contributed by atoms with Crippen LogP contribution in [-0.4, -0.2) is 52.9 Å². The summed E-state index contributed by atoms with van der Waals surface area (Å²) in [6, 6.07) is 0. The van der Waals surface area contributed by atoms with Gasteiger partial charge in [0, 0.05) is 18.8 Å². The molecule has 1 fully saturated rings. The van der Waals surface area contributed by atoms with E-state index in [0.29, 0.717) is 6.42 Å². The molecule has 0 atom stereocenters. The van der Waals surface area contributed by atoms with Crippen molar-refractivity contribution in [2.75, 3.05) is 36.1 Å². The zero-order valence-electron chi connectivity index (χ0n) is 9.48. The molecule has 0 spiro atoms. The van der Waals surface area contributed by atoms with Crippen molar-refractivity contribution in [1.29, 1.82) is 0 Å². The average molecular weight is 269 g/mol. The van der Waals surface area contributed by atoms with E-state index in [1.807, 2.05) is 0 Å². The van der Waals surface area contributed by atoms with E-state index < -0.39 is 19.7 Å². The Kier molecular flexibility index (Phi) is 4.75. The second-order valence-electron chi connectivity index (χ2n) is 4.29. The maximum atomic E-state index is 11.6. The van der Waals surface area contributed by atoms with Crippen molar-refractivity contribution in [3.05, 3.63) is 0 Å². The minimum atomic E-state index is -3.21. The summed E-state index contributed by atoms with van der Waals surface area (Å²) in [4.78, 5) is 0. The topological polar surface area (TPSA) is 80.3 Å². The van der Waals surface area contributed by atoms with E-state index in [9.17, 15) is 16.8 Å². The normalized spacial score (nSPS) is 18.3. The van der Waals surface area contributed by atoms with E-state index >= 15 is 0 Å². The van der Waals surface area contributed by atoms with Crippen LogP contribution >= 0.6 is 0 Å². The highest BCUT2D eigenvalue weighted by molar-refractivity contribution is 7.95. The Hall–Kier alpha value is -0.140. The van der Waals surface area contributed by atoms with Crippen molar-refractivity contribution in [3.8, 4) is 0 Å². The summed E-state index contributed by atoms with van der Waals surface area (Å²) in [7, 11) is -6.40. The molecule has 0 aromatic heterocycles.